The minimum Gasteiger partial charge on any atom is -0.481 e. The van der Waals surface area contributed by atoms with Crippen molar-refractivity contribution in [1.29, 1.82) is 0 Å². The van der Waals surface area contributed by atoms with Gasteiger partial charge in [-0.15, -0.1) is 0 Å². The van der Waals surface area contributed by atoms with Crippen LogP contribution in [0.1, 0.15) is 13.8 Å². The summed E-state index contributed by atoms with van der Waals surface area (Å²) in [6.07, 6.45) is -3.00. The van der Waals surface area contributed by atoms with Gasteiger partial charge in [0, 0.05) is 0 Å². The van der Waals surface area contributed by atoms with Crippen molar-refractivity contribution in [2.24, 2.45) is 17.6 Å². The molecule has 14 heavy (non-hydrogen) atoms. The molecule has 0 saturated heterocycles. The van der Waals surface area contributed by atoms with Gasteiger partial charge >= 0.3 is 5.97 Å². The van der Waals surface area contributed by atoms with Crippen LogP contribution in [0.2, 0.25) is 0 Å². The molecule has 82 valence electrons. The third-order valence-electron chi connectivity index (χ3n) is 1.98. The Morgan fingerprint density at radius 3 is 1.93 bits per heavy atom. The maximum absolute atomic E-state index is 12.4. The van der Waals surface area contributed by atoms with E-state index >= 15 is 0 Å². The van der Waals surface area contributed by atoms with E-state index in [1.54, 1.807) is 0 Å². The molecule has 0 radical (unpaired) electrons. The van der Waals surface area contributed by atoms with Crippen LogP contribution in [-0.2, 0) is 9.59 Å². The number of carbonyl (C=O) groups is 2. The summed E-state index contributed by atoms with van der Waals surface area (Å²) < 4.78 is 24.8. The first-order valence-electron chi connectivity index (χ1n) is 4.09. The van der Waals surface area contributed by atoms with Crippen LogP contribution in [0.25, 0.3) is 0 Å². The van der Waals surface area contributed by atoms with Crippen LogP contribution in [0.4, 0.5) is 8.78 Å². The number of carbonyl (C=O) groups excluding carboxylic acids is 1. The maximum atomic E-state index is 12.4. The molecule has 0 amide bonds. The summed E-state index contributed by atoms with van der Waals surface area (Å²) in [5, 5.41) is 8.51. The third-order valence-corrected chi connectivity index (χ3v) is 1.98. The van der Waals surface area contributed by atoms with E-state index in [0.29, 0.717) is 0 Å². The van der Waals surface area contributed by atoms with Gasteiger partial charge in [0.15, 0.2) is 5.78 Å². The van der Waals surface area contributed by atoms with Gasteiger partial charge in [-0.1, -0.05) is 6.92 Å². The lowest BCUT2D eigenvalue weighted by molar-refractivity contribution is -0.150. The van der Waals surface area contributed by atoms with Crippen LogP contribution in [0.15, 0.2) is 0 Å². The number of alkyl halides is 2. The molecule has 3 atom stereocenters. The summed E-state index contributed by atoms with van der Waals surface area (Å²) in [5.41, 5.74) is 5.14. The summed E-state index contributed by atoms with van der Waals surface area (Å²) >= 11 is 0. The Morgan fingerprint density at radius 2 is 1.71 bits per heavy atom. The van der Waals surface area contributed by atoms with Gasteiger partial charge in [-0.05, 0) is 6.92 Å². The molecule has 0 spiro atoms. The van der Waals surface area contributed by atoms with Crippen molar-refractivity contribution in [1.82, 2.24) is 0 Å². The molecule has 0 aliphatic heterocycles. The number of hydrogen-bond acceptors (Lipinski definition) is 3. The van der Waals surface area contributed by atoms with E-state index in [1.807, 2.05) is 0 Å². The Morgan fingerprint density at radius 1 is 1.29 bits per heavy atom. The number of ketones is 1. The molecule has 0 aromatic carbocycles. The summed E-state index contributed by atoms with van der Waals surface area (Å²) in [4.78, 5) is 21.6. The lowest BCUT2D eigenvalue weighted by atomic mass is 9.88. The number of Topliss-reactive ketones (excluding diaryl/α,β-unsaturated/α-hetero) is 1. The van der Waals surface area contributed by atoms with Gasteiger partial charge in [0.2, 0.25) is 6.43 Å². The Hall–Kier alpha value is -1.04. The molecule has 0 saturated carbocycles. The van der Waals surface area contributed by atoms with Crippen LogP contribution in [-0.4, -0.2) is 29.3 Å². The van der Waals surface area contributed by atoms with Crippen molar-refractivity contribution in [2.45, 2.75) is 26.3 Å². The Kier molecular flexibility index (Phi) is 4.62. The van der Waals surface area contributed by atoms with Crippen LogP contribution in [0.3, 0.4) is 0 Å². The first-order chi connectivity index (χ1) is 6.29. The highest BCUT2D eigenvalue weighted by Gasteiger charge is 2.38. The summed E-state index contributed by atoms with van der Waals surface area (Å²) in [6.45, 7) is 2.33. The molecule has 0 aromatic rings. The molecule has 3 unspecified atom stereocenters. The predicted molar refractivity (Wildman–Crippen MR) is 45.0 cm³/mol. The fourth-order valence-electron chi connectivity index (χ4n) is 1.05. The van der Waals surface area contributed by atoms with Crippen molar-refractivity contribution < 1.29 is 23.5 Å². The van der Waals surface area contributed by atoms with E-state index in [1.165, 1.54) is 6.92 Å². The van der Waals surface area contributed by atoms with E-state index in [0.717, 1.165) is 6.92 Å². The van der Waals surface area contributed by atoms with E-state index in [2.05, 4.69) is 0 Å². The Labute approximate surface area is 80.1 Å². The van der Waals surface area contributed by atoms with E-state index in [-0.39, 0.29) is 0 Å². The number of aliphatic carboxylic acids is 1. The first-order valence-corrected chi connectivity index (χ1v) is 4.09. The molecule has 0 aliphatic carbocycles. The number of hydrogen-bond donors (Lipinski definition) is 2. The average molecular weight is 209 g/mol. The molecule has 3 N–H and O–H groups in total. The average Bonchev–Trinajstić information content (AvgIpc) is 2.03. The van der Waals surface area contributed by atoms with Gasteiger partial charge in [0.1, 0.15) is 0 Å². The van der Waals surface area contributed by atoms with Crippen LogP contribution in [0, 0.1) is 11.8 Å². The summed E-state index contributed by atoms with van der Waals surface area (Å²) in [5.74, 6) is -5.60. The van der Waals surface area contributed by atoms with E-state index in [9.17, 15) is 18.4 Å². The Balaban J connectivity index is 4.77. The molecule has 0 aromatic heterocycles. The van der Waals surface area contributed by atoms with Crippen molar-refractivity contribution in [3.63, 3.8) is 0 Å². The van der Waals surface area contributed by atoms with Crippen molar-refractivity contribution >= 4 is 11.8 Å². The number of nitrogens with two attached hydrogens (primary N) is 1. The fourth-order valence-corrected chi connectivity index (χ4v) is 1.05. The zero-order valence-corrected chi connectivity index (χ0v) is 7.91. The first kappa shape index (κ1) is 13.0. The van der Waals surface area contributed by atoms with E-state index in [4.69, 9.17) is 10.8 Å². The quantitative estimate of drug-likeness (QED) is 0.691. The maximum Gasteiger partial charge on any atom is 0.307 e. The minimum atomic E-state index is -3.00. The summed E-state index contributed by atoms with van der Waals surface area (Å²) in [6, 6.07) is -1.07. The van der Waals surface area contributed by atoms with E-state index < -0.39 is 36.1 Å². The second kappa shape index (κ2) is 4.99. The normalized spacial score (nSPS) is 17.6. The van der Waals surface area contributed by atoms with Crippen molar-refractivity contribution in [3.8, 4) is 0 Å². The zero-order valence-electron chi connectivity index (χ0n) is 7.91. The number of rotatable bonds is 5. The zero-order chi connectivity index (χ0) is 11.5. The molecule has 4 nitrogen and oxygen atoms in total. The second-order valence-corrected chi connectivity index (χ2v) is 3.18. The molecular weight excluding hydrogens is 196 g/mol. The van der Waals surface area contributed by atoms with Crippen LogP contribution >= 0.6 is 0 Å². The van der Waals surface area contributed by atoms with Gasteiger partial charge in [-0.25, -0.2) is 8.78 Å². The smallest absolute Gasteiger partial charge is 0.307 e. The molecule has 0 bridgehead atoms. The van der Waals surface area contributed by atoms with Crippen molar-refractivity contribution in [2.75, 3.05) is 0 Å². The van der Waals surface area contributed by atoms with Crippen LogP contribution < -0.4 is 5.73 Å². The molecule has 0 rings (SSSR count). The highest BCUT2D eigenvalue weighted by Crippen LogP contribution is 2.22. The lowest BCUT2D eigenvalue weighted by Crippen LogP contribution is -2.41. The Bertz CT molecular complexity index is 231. The van der Waals surface area contributed by atoms with Gasteiger partial charge in [0.05, 0.1) is 17.9 Å². The molecule has 0 heterocycles. The van der Waals surface area contributed by atoms with Crippen molar-refractivity contribution in [3.05, 3.63) is 0 Å². The largest absolute Gasteiger partial charge is 0.481 e. The molecule has 0 fully saturated rings. The SMILES string of the molecule is CC(N)C(=O)C(C(F)F)C(C)C(=O)O. The highest BCUT2D eigenvalue weighted by molar-refractivity contribution is 5.89. The van der Waals surface area contributed by atoms with Gasteiger partial charge in [-0.2, -0.15) is 0 Å². The lowest BCUT2D eigenvalue weighted by Gasteiger charge is -2.20. The molecule has 6 heteroatoms. The highest BCUT2D eigenvalue weighted by atomic mass is 19.3. The van der Waals surface area contributed by atoms with Gasteiger partial charge in [0.25, 0.3) is 0 Å². The second-order valence-electron chi connectivity index (χ2n) is 3.18. The number of carboxylic acids is 1. The topological polar surface area (TPSA) is 80.4 Å². The molecular formula is C8H13F2NO3. The number of carboxylic acid groups (broad SMARTS) is 1. The predicted octanol–water partition coefficient (Wildman–Crippen LogP) is 0.505. The fraction of sp³-hybridized carbons (Fsp3) is 0.750. The van der Waals surface area contributed by atoms with Crippen LogP contribution in [0.5, 0.6) is 0 Å². The monoisotopic (exact) mass is 209 g/mol. The third kappa shape index (κ3) is 3.02. The summed E-state index contributed by atoms with van der Waals surface area (Å²) in [7, 11) is 0. The number of halogens is 2. The molecule has 0 aliphatic rings. The minimum absolute atomic E-state index is 0.921. The van der Waals surface area contributed by atoms with Gasteiger partial charge in [-0.3, -0.25) is 9.59 Å². The van der Waals surface area contributed by atoms with Gasteiger partial charge < -0.3 is 10.8 Å². The standard InChI is InChI=1S/C8H13F2NO3/c1-3(8(13)14)5(7(9)10)6(12)4(2)11/h3-5,7H,11H2,1-2H3,(H,13,14).